The fourth-order valence-electron chi connectivity index (χ4n) is 8.01. The zero-order valence-corrected chi connectivity index (χ0v) is 39.1. The van der Waals surface area contributed by atoms with Crippen LogP contribution < -0.4 is 16.0 Å². The van der Waals surface area contributed by atoms with Gasteiger partial charge in [0.2, 0.25) is 17.8 Å². The molecule has 0 spiro atoms. The molecule has 3 saturated carbocycles. The predicted octanol–water partition coefficient (Wildman–Crippen LogP) is 9.58. The van der Waals surface area contributed by atoms with Gasteiger partial charge >= 0.3 is 0 Å². The van der Waals surface area contributed by atoms with Crippen molar-refractivity contribution in [2.75, 3.05) is 16.0 Å². The van der Waals surface area contributed by atoms with Crippen molar-refractivity contribution < 1.29 is 35.8 Å². The lowest BCUT2D eigenvalue weighted by Gasteiger charge is -2.29. The average Bonchev–Trinajstić information content (AvgIpc) is 4.11. The van der Waals surface area contributed by atoms with Crippen LogP contribution in [0, 0.1) is 20.8 Å². The third-order valence-corrected chi connectivity index (χ3v) is 12.0. The van der Waals surface area contributed by atoms with Gasteiger partial charge in [0.15, 0.2) is 0 Å². The molecule has 6 heterocycles. The van der Waals surface area contributed by atoms with Crippen LogP contribution in [0.2, 0.25) is 0 Å². The molecule has 3 fully saturated rings. The molecule has 9 rings (SSSR count). The highest BCUT2D eigenvalue weighted by atomic mass is 35.5. The minimum Gasteiger partial charge on any atom is -0.390 e. The maximum absolute atomic E-state index is 13.2. The van der Waals surface area contributed by atoms with Crippen LogP contribution in [0.3, 0.4) is 0 Å². The van der Waals surface area contributed by atoms with E-state index in [2.05, 4.69) is 61.2 Å². The van der Waals surface area contributed by atoms with Gasteiger partial charge in [0, 0.05) is 111 Å². The number of alkyl halides is 8. The summed E-state index contributed by atoms with van der Waals surface area (Å²) >= 11 is 5.75. The fraction of sp³-hybridized carbons (Fsp3) is 0.533. The van der Waals surface area contributed by atoms with Crippen LogP contribution in [-0.4, -0.2) is 100 Å². The summed E-state index contributed by atoms with van der Waals surface area (Å²) < 4.78 is 96.3. The van der Waals surface area contributed by atoms with Gasteiger partial charge in [0.05, 0.1) is 29.6 Å². The smallest absolute Gasteiger partial charge is 0.252 e. The first-order valence-electron chi connectivity index (χ1n) is 22.7. The zero-order valence-electron chi connectivity index (χ0n) is 38.4. The molecule has 0 bridgehead atoms. The van der Waals surface area contributed by atoms with E-state index in [1.54, 1.807) is 53.6 Å². The molecule has 4 N–H and O–H groups in total. The van der Waals surface area contributed by atoms with Gasteiger partial charge in [-0.05, 0) is 77.5 Å². The molecule has 0 saturated heterocycles. The van der Waals surface area contributed by atoms with E-state index in [1.807, 2.05) is 26.8 Å². The molecular weight excluding hydrogens is 935 g/mol. The number of hydrogen-bond donors (Lipinski definition) is 4. The molecule has 0 amide bonds. The highest BCUT2D eigenvalue weighted by Crippen LogP contribution is 2.36. The van der Waals surface area contributed by atoms with Gasteiger partial charge in [-0.3, -0.25) is 0 Å². The lowest BCUT2D eigenvalue weighted by Crippen LogP contribution is -2.32. The summed E-state index contributed by atoms with van der Waals surface area (Å²) in [6.07, 6.45) is 6.94. The van der Waals surface area contributed by atoms with Crippen molar-refractivity contribution in [2.24, 2.45) is 0 Å². The second-order valence-corrected chi connectivity index (χ2v) is 17.9. The summed E-state index contributed by atoms with van der Waals surface area (Å²) in [5, 5.41) is 31.2. The summed E-state index contributed by atoms with van der Waals surface area (Å²) in [7, 11) is 0. The number of nitrogens with zero attached hydrogens (tertiary/aromatic N) is 12. The van der Waals surface area contributed by atoms with E-state index in [4.69, 9.17) is 16.7 Å². The summed E-state index contributed by atoms with van der Waals surface area (Å²) in [6, 6.07) is 10.4. The topological polar surface area (TPSA) is 187 Å². The van der Waals surface area contributed by atoms with E-state index < -0.39 is 24.4 Å². The second kappa shape index (κ2) is 22.2. The number of aliphatic hydroxyl groups excluding tert-OH is 1. The van der Waals surface area contributed by atoms with Crippen molar-refractivity contribution >= 4 is 29.1 Å². The van der Waals surface area contributed by atoms with Gasteiger partial charge in [-0.15, -0.1) is 11.6 Å². The molecule has 3 aliphatic rings. The number of rotatable bonds is 12. The van der Waals surface area contributed by atoms with Gasteiger partial charge in [-0.25, -0.2) is 59.7 Å². The molecule has 3 aliphatic carbocycles. The lowest BCUT2D eigenvalue weighted by molar-refractivity contribution is -0.0366. The third-order valence-electron chi connectivity index (χ3n) is 11.7. The molecule has 6 aromatic heterocycles. The highest BCUT2D eigenvalue weighted by Gasteiger charge is 2.37. The first-order valence-corrected chi connectivity index (χ1v) is 23.3. The Hall–Kier alpha value is -5.97. The van der Waals surface area contributed by atoms with Crippen LogP contribution in [-0.2, 0) is 19.2 Å². The number of halogens is 8. The third kappa shape index (κ3) is 14.8. The van der Waals surface area contributed by atoms with Crippen molar-refractivity contribution in [3.8, 4) is 17.8 Å². The minimum absolute atomic E-state index is 0.00722. The molecular formula is C45H55ClF7N15O. The van der Waals surface area contributed by atoms with Crippen LogP contribution >= 0.6 is 11.6 Å². The number of aliphatic hydroxyl groups is 1. The normalized spacial score (nSPS) is 18.1. The molecule has 24 heteroatoms. The molecule has 16 nitrogen and oxygen atoms in total. The SMILES string of the molecule is Cc1cc(NC2CCC(F)(F)CC2)nc(-n2ccc(CCl)n2)n1.Cc1cc(NC2CCC(F)(F)CC2)nc(-n2ccc(CF)n2)n1.Cc1cc(NC2CCC(F)(F)CC2)nc(-n2ccc(CO)n2)n1. The molecule has 0 aromatic carbocycles. The van der Waals surface area contributed by atoms with E-state index in [0.717, 1.165) is 22.8 Å². The Labute approximate surface area is 399 Å². The monoisotopic (exact) mass is 989 g/mol. The fourth-order valence-corrected chi connectivity index (χ4v) is 8.16. The second-order valence-electron chi connectivity index (χ2n) is 17.6. The number of nitrogens with one attached hydrogen (secondary N) is 3. The molecule has 0 aliphatic heterocycles. The van der Waals surface area contributed by atoms with Crippen LogP contribution in [0.25, 0.3) is 17.8 Å². The van der Waals surface area contributed by atoms with Crippen LogP contribution in [0.15, 0.2) is 55.0 Å². The summed E-state index contributed by atoms with van der Waals surface area (Å²) in [5.74, 6) is -4.36. The van der Waals surface area contributed by atoms with Crippen molar-refractivity contribution in [3.05, 3.63) is 89.2 Å². The Bertz CT molecular complexity index is 2320. The van der Waals surface area contributed by atoms with Gasteiger partial charge in [-0.1, -0.05) is 0 Å². The van der Waals surface area contributed by atoms with Crippen molar-refractivity contribution in [1.29, 1.82) is 0 Å². The minimum atomic E-state index is -2.55. The van der Waals surface area contributed by atoms with Gasteiger partial charge in [0.1, 0.15) is 24.1 Å². The number of aryl methyl sites for hydroxylation is 3. The van der Waals surface area contributed by atoms with Crippen molar-refractivity contribution in [1.82, 2.24) is 59.2 Å². The van der Waals surface area contributed by atoms with Crippen LogP contribution in [0.4, 0.5) is 48.2 Å². The van der Waals surface area contributed by atoms with E-state index in [1.165, 1.54) is 9.36 Å². The van der Waals surface area contributed by atoms with Gasteiger partial charge in [0.25, 0.3) is 17.8 Å². The molecule has 6 aromatic rings. The Morgan fingerprint density at radius 3 is 1.10 bits per heavy atom. The molecule has 372 valence electrons. The zero-order chi connectivity index (χ0) is 49.3. The van der Waals surface area contributed by atoms with Gasteiger partial charge in [-0.2, -0.15) is 30.2 Å². The summed E-state index contributed by atoms with van der Waals surface area (Å²) in [5.41, 5.74) is 3.82. The maximum atomic E-state index is 13.2. The highest BCUT2D eigenvalue weighted by molar-refractivity contribution is 6.16. The Morgan fingerprint density at radius 1 is 0.522 bits per heavy atom. The molecule has 0 radical (unpaired) electrons. The van der Waals surface area contributed by atoms with Crippen molar-refractivity contribution in [2.45, 2.75) is 153 Å². The van der Waals surface area contributed by atoms with Crippen molar-refractivity contribution in [3.63, 3.8) is 0 Å². The number of aromatic nitrogens is 12. The standard InChI is InChI=1S/C15H18ClF2N5.C15H18F3N5.C15H19F2N5O/c2*1-10-8-13(20-11-2-5-15(17,18)6-3-11)21-14(19-10)23-7-4-12(9-16)22-23;1-10-8-13(19-11-2-5-15(16,17)6-3-11)20-14(18-10)22-7-4-12(9-23)21-22/h2*4,7-8,11H,2-3,5-6,9H2,1H3,(H,19,20,21);4,7-8,11,23H,2-3,5-6,9H2,1H3,(H,18,19,20). The Kier molecular flexibility index (Phi) is 16.4. The van der Waals surface area contributed by atoms with E-state index in [9.17, 15) is 30.7 Å². The number of hydrogen-bond acceptors (Lipinski definition) is 13. The van der Waals surface area contributed by atoms with E-state index in [-0.39, 0.29) is 63.3 Å². The summed E-state index contributed by atoms with van der Waals surface area (Å²) in [4.78, 5) is 26.1. The molecule has 0 atom stereocenters. The predicted molar refractivity (Wildman–Crippen MR) is 244 cm³/mol. The first-order chi connectivity index (χ1) is 32.8. The quantitative estimate of drug-likeness (QED) is 0.0671. The number of anilines is 3. The molecule has 0 unspecified atom stereocenters. The van der Waals surface area contributed by atoms with E-state index in [0.29, 0.717) is 91.1 Å². The summed E-state index contributed by atoms with van der Waals surface area (Å²) in [6.45, 7) is 4.70. The molecule has 69 heavy (non-hydrogen) atoms. The average molecular weight is 990 g/mol. The van der Waals surface area contributed by atoms with E-state index >= 15 is 0 Å². The lowest BCUT2D eigenvalue weighted by atomic mass is 9.92. The Morgan fingerprint density at radius 2 is 0.826 bits per heavy atom. The maximum Gasteiger partial charge on any atom is 0.252 e. The largest absolute Gasteiger partial charge is 0.390 e. The first kappa shape index (κ1) is 50.9. The van der Waals surface area contributed by atoms with Crippen LogP contribution in [0.1, 0.15) is 111 Å². The Balaban J connectivity index is 0.000000153. The van der Waals surface area contributed by atoms with Crippen LogP contribution in [0.5, 0.6) is 0 Å². The van der Waals surface area contributed by atoms with Gasteiger partial charge < -0.3 is 21.1 Å².